The van der Waals surface area contributed by atoms with E-state index < -0.39 is 0 Å². The van der Waals surface area contributed by atoms with Crippen LogP contribution >= 0.6 is 35.6 Å². The molecule has 3 rings (SSSR count). The molecule has 29 heavy (non-hydrogen) atoms. The van der Waals surface area contributed by atoms with Gasteiger partial charge in [0, 0.05) is 37.9 Å². The maximum absolute atomic E-state index is 5.90. The number of rotatable bonds is 7. The predicted molar refractivity (Wildman–Crippen MR) is 131 cm³/mol. The highest BCUT2D eigenvalue weighted by molar-refractivity contribution is 14.0. The van der Waals surface area contributed by atoms with Gasteiger partial charge in [0.25, 0.3) is 0 Å². The zero-order chi connectivity index (χ0) is 19.8. The largest absolute Gasteiger partial charge is 0.489 e. The van der Waals surface area contributed by atoms with Gasteiger partial charge in [0.1, 0.15) is 17.7 Å². The third-order valence-electron chi connectivity index (χ3n) is 4.63. The molecule has 1 aromatic carbocycles. The van der Waals surface area contributed by atoms with E-state index in [9.17, 15) is 0 Å². The van der Waals surface area contributed by atoms with E-state index in [1.165, 1.54) is 18.4 Å². The molecule has 0 bridgehead atoms. The summed E-state index contributed by atoms with van der Waals surface area (Å²) in [6.45, 7) is 5.53. The molecule has 6 nitrogen and oxygen atoms in total. The van der Waals surface area contributed by atoms with Crippen LogP contribution in [0.15, 0.2) is 47.6 Å². The molecule has 0 saturated carbocycles. The van der Waals surface area contributed by atoms with Crippen molar-refractivity contribution in [2.45, 2.75) is 32.4 Å². The Labute approximate surface area is 195 Å². The molecule has 1 saturated heterocycles. The molecule has 1 aliphatic rings. The van der Waals surface area contributed by atoms with Gasteiger partial charge in [-0.1, -0.05) is 11.6 Å². The van der Waals surface area contributed by atoms with E-state index in [-0.39, 0.29) is 30.1 Å². The van der Waals surface area contributed by atoms with Crippen molar-refractivity contribution in [3.8, 4) is 5.75 Å². The standard InChI is InChI=1S/C21H28ClN5O.HI/c1-16(28-19-7-5-18(22)6-8-19)14-25-21(23-2)26-15-17-9-10-24-20(13-17)27-11-3-4-12-27;/h5-10,13,16H,3-4,11-12,14-15H2,1-2H3,(H2,23,25,26);1H. The Morgan fingerprint density at radius 2 is 1.93 bits per heavy atom. The van der Waals surface area contributed by atoms with E-state index in [0.29, 0.717) is 18.1 Å². The molecular formula is C21H29ClIN5O. The predicted octanol–water partition coefficient (Wildman–Crippen LogP) is 4.09. The van der Waals surface area contributed by atoms with Crippen LogP contribution < -0.4 is 20.3 Å². The lowest BCUT2D eigenvalue weighted by molar-refractivity contribution is 0.224. The quantitative estimate of drug-likeness (QED) is 0.321. The van der Waals surface area contributed by atoms with Crippen LogP contribution in [0.2, 0.25) is 5.02 Å². The molecule has 0 radical (unpaired) electrons. The van der Waals surface area contributed by atoms with Crippen molar-refractivity contribution < 1.29 is 4.74 Å². The maximum Gasteiger partial charge on any atom is 0.191 e. The maximum atomic E-state index is 5.90. The van der Waals surface area contributed by atoms with Crippen molar-refractivity contribution >= 4 is 47.4 Å². The molecule has 1 atom stereocenters. The Morgan fingerprint density at radius 1 is 1.21 bits per heavy atom. The second-order valence-corrected chi connectivity index (χ2v) is 7.34. The van der Waals surface area contributed by atoms with Gasteiger partial charge in [0.2, 0.25) is 0 Å². The minimum absolute atomic E-state index is 0. The fraction of sp³-hybridized carbons (Fsp3) is 0.429. The average molecular weight is 530 g/mol. The van der Waals surface area contributed by atoms with E-state index >= 15 is 0 Å². The summed E-state index contributed by atoms with van der Waals surface area (Å²) < 4.78 is 5.88. The summed E-state index contributed by atoms with van der Waals surface area (Å²) in [5, 5.41) is 7.35. The first-order valence-electron chi connectivity index (χ1n) is 9.70. The number of anilines is 1. The number of nitrogens with zero attached hydrogens (tertiary/aromatic N) is 3. The summed E-state index contributed by atoms with van der Waals surface area (Å²) in [5.41, 5.74) is 1.19. The second-order valence-electron chi connectivity index (χ2n) is 6.91. The number of guanidine groups is 1. The molecule has 1 aromatic heterocycles. The number of hydrogen-bond donors (Lipinski definition) is 2. The van der Waals surface area contributed by atoms with Gasteiger partial charge >= 0.3 is 0 Å². The lowest BCUT2D eigenvalue weighted by atomic mass is 10.2. The first kappa shape index (κ1) is 23.5. The van der Waals surface area contributed by atoms with E-state index in [2.05, 4.69) is 31.6 Å². The Balaban J connectivity index is 0.00000300. The lowest BCUT2D eigenvalue weighted by Crippen LogP contribution is -2.41. The number of halogens is 2. The highest BCUT2D eigenvalue weighted by atomic mass is 127. The Kier molecular flexibility index (Phi) is 9.80. The third-order valence-corrected chi connectivity index (χ3v) is 4.88. The topological polar surface area (TPSA) is 61.8 Å². The minimum atomic E-state index is -0.0116. The smallest absolute Gasteiger partial charge is 0.191 e. The van der Waals surface area contributed by atoms with Crippen LogP contribution in [-0.2, 0) is 6.54 Å². The minimum Gasteiger partial charge on any atom is -0.489 e. The van der Waals surface area contributed by atoms with Gasteiger partial charge in [-0.25, -0.2) is 4.98 Å². The summed E-state index contributed by atoms with van der Waals surface area (Å²) in [6.07, 6.45) is 4.36. The Hall–Kier alpha value is -1.74. The fourth-order valence-corrected chi connectivity index (χ4v) is 3.25. The van der Waals surface area contributed by atoms with Crippen molar-refractivity contribution in [1.82, 2.24) is 15.6 Å². The van der Waals surface area contributed by atoms with Crippen LogP contribution in [0.5, 0.6) is 5.75 Å². The zero-order valence-corrected chi connectivity index (χ0v) is 20.0. The van der Waals surface area contributed by atoms with E-state index in [0.717, 1.165) is 30.6 Å². The van der Waals surface area contributed by atoms with Gasteiger partial charge in [0.15, 0.2) is 5.96 Å². The SMILES string of the molecule is CN=C(NCc1ccnc(N2CCCC2)c1)NCC(C)Oc1ccc(Cl)cc1.I. The molecule has 2 aromatic rings. The average Bonchev–Trinajstić information content (AvgIpc) is 3.25. The molecular weight excluding hydrogens is 501 g/mol. The number of hydrogen-bond acceptors (Lipinski definition) is 4. The number of benzene rings is 1. The first-order chi connectivity index (χ1) is 13.6. The monoisotopic (exact) mass is 529 g/mol. The number of nitrogens with one attached hydrogen (secondary N) is 2. The van der Waals surface area contributed by atoms with Gasteiger partial charge in [-0.05, 0) is 61.7 Å². The number of aromatic nitrogens is 1. The van der Waals surface area contributed by atoms with Gasteiger partial charge in [-0.3, -0.25) is 4.99 Å². The van der Waals surface area contributed by atoms with Gasteiger partial charge in [0.05, 0.1) is 6.54 Å². The highest BCUT2D eigenvalue weighted by Crippen LogP contribution is 2.18. The van der Waals surface area contributed by atoms with E-state index in [1.54, 1.807) is 7.05 Å². The van der Waals surface area contributed by atoms with Crippen molar-refractivity contribution in [3.05, 3.63) is 53.2 Å². The van der Waals surface area contributed by atoms with Crippen molar-refractivity contribution in [3.63, 3.8) is 0 Å². The summed E-state index contributed by atoms with van der Waals surface area (Å²) in [7, 11) is 1.77. The molecule has 1 aliphatic heterocycles. The van der Waals surface area contributed by atoms with Crippen LogP contribution in [0.4, 0.5) is 5.82 Å². The van der Waals surface area contributed by atoms with E-state index in [1.807, 2.05) is 43.5 Å². The highest BCUT2D eigenvalue weighted by Gasteiger charge is 2.13. The third kappa shape index (κ3) is 7.54. The van der Waals surface area contributed by atoms with Gasteiger partial charge in [-0.2, -0.15) is 0 Å². The number of pyridine rings is 1. The molecule has 158 valence electrons. The summed E-state index contributed by atoms with van der Waals surface area (Å²) in [4.78, 5) is 11.1. The zero-order valence-electron chi connectivity index (χ0n) is 16.9. The first-order valence-corrected chi connectivity index (χ1v) is 10.1. The normalized spacial score (nSPS) is 14.9. The van der Waals surface area contributed by atoms with Crippen molar-refractivity contribution in [1.29, 1.82) is 0 Å². The van der Waals surface area contributed by atoms with Crippen LogP contribution in [-0.4, -0.2) is 43.7 Å². The number of aliphatic imine (C=N–C) groups is 1. The lowest BCUT2D eigenvalue weighted by Gasteiger charge is -2.19. The van der Waals surface area contributed by atoms with Crippen LogP contribution in [0.1, 0.15) is 25.3 Å². The van der Waals surface area contributed by atoms with Gasteiger partial charge < -0.3 is 20.3 Å². The molecule has 1 fully saturated rings. The summed E-state index contributed by atoms with van der Waals surface area (Å²) >= 11 is 5.90. The van der Waals surface area contributed by atoms with Crippen molar-refractivity contribution in [2.24, 2.45) is 4.99 Å². The van der Waals surface area contributed by atoms with Crippen LogP contribution in [0.25, 0.3) is 0 Å². The van der Waals surface area contributed by atoms with Crippen molar-refractivity contribution in [2.75, 3.05) is 31.6 Å². The molecule has 8 heteroatoms. The molecule has 0 spiro atoms. The molecule has 0 aliphatic carbocycles. The van der Waals surface area contributed by atoms with Gasteiger partial charge in [-0.15, -0.1) is 24.0 Å². The summed E-state index contributed by atoms with van der Waals surface area (Å²) in [5.74, 6) is 2.60. The van der Waals surface area contributed by atoms with Crippen LogP contribution in [0, 0.1) is 0 Å². The van der Waals surface area contributed by atoms with Crippen LogP contribution in [0.3, 0.4) is 0 Å². The molecule has 1 unspecified atom stereocenters. The number of ether oxygens (including phenoxy) is 1. The fourth-order valence-electron chi connectivity index (χ4n) is 3.12. The molecule has 2 N–H and O–H groups in total. The Bertz CT molecular complexity index is 781. The van der Waals surface area contributed by atoms with E-state index in [4.69, 9.17) is 16.3 Å². The molecule has 0 amide bonds. The second kappa shape index (κ2) is 12.1. The Morgan fingerprint density at radius 3 is 2.62 bits per heavy atom. The molecule has 2 heterocycles. The summed E-state index contributed by atoms with van der Waals surface area (Å²) in [6, 6.07) is 11.6.